The first-order valence-corrected chi connectivity index (χ1v) is 11.9. The molecular formula is C26H26N6O3. The molecule has 0 unspecified atom stereocenters. The average Bonchev–Trinajstić information content (AvgIpc) is 3.45. The molecule has 9 nitrogen and oxygen atoms in total. The quantitative estimate of drug-likeness (QED) is 0.448. The first-order valence-electron chi connectivity index (χ1n) is 11.9. The minimum absolute atomic E-state index is 0.0360. The van der Waals surface area contributed by atoms with Crippen LogP contribution in [-0.4, -0.2) is 42.7 Å². The number of benzene rings is 1. The lowest BCUT2D eigenvalue weighted by Gasteiger charge is -2.16. The number of fused-ring (bicyclic) bond motifs is 3. The number of aromatic nitrogens is 5. The standard InChI is InChI=1S/C26H26N6O3/c1-16(2)35-23-13-28-20(12-22(23)32-14-21(29-15-32)17-6-7-17)26(33)30-19-5-3-4-18-24(19)34-11-10-31-9-8-27-25(18)31/h3-5,8-9,12-17H,6-7,10-11H2,1-2H3,(H,30,33). The summed E-state index contributed by atoms with van der Waals surface area (Å²) in [4.78, 5) is 26.7. The van der Waals surface area contributed by atoms with Gasteiger partial charge in [-0.2, -0.15) is 0 Å². The van der Waals surface area contributed by atoms with E-state index >= 15 is 0 Å². The van der Waals surface area contributed by atoms with Gasteiger partial charge in [-0.1, -0.05) is 6.07 Å². The molecule has 4 heterocycles. The molecule has 1 amide bonds. The normalized spacial score (nSPS) is 14.6. The molecule has 0 radical (unpaired) electrons. The minimum atomic E-state index is -0.338. The molecule has 1 N–H and O–H groups in total. The van der Waals surface area contributed by atoms with Crippen molar-refractivity contribution in [3.8, 4) is 28.6 Å². The Labute approximate surface area is 202 Å². The summed E-state index contributed by atoms with van der Waals surface area (Å²) < 4.78 is 15.9. The first kappa shape index (κ1) is 21.4. The first-order chi connectivity index (χ1) is 17.1. The van der Waals surface area contributed by atoms with Gasteiger partial charge in [0.1, 0.15) is 18.1 Å². The SMILES string of the molecule is CC(C)Oc1cnc(C(=O)Nc2cccc3c2OCCn2ccnc2-3)cc1-n1cnc(C2CC2)c1. The molecule has 1 fully saturated rings. The van der Waals surface area contributed by atoms with Gasteiger partial charge in [-0.3, -0.25) is 4.79 Å². The lowest BCUT2D eigenvalue weighted by Crippen LogP contribution is -2.16. The molecule has 6 rings (SSSR count). The Hall–Kier alpha value is -4.14. The maximum Gasteiger partial charge on any atom is 0.274 e. The molecule has 9 heteroatoms. The zero-order chi connectivity index (χ0) is 23.9. The smallest absolute Gasteiger partial charge is 0.274 e. The highest BCUT2D eigenvalue weighted by Crippen LogP contribution is 2.40. The fraction of sp³-hybridized carbons (Fsp3) is 0.308. The second-order valence-electron chi connectivity index (χ2n) is 9.11. The van der Waals surface area contributed by atoms with Gasteiger partial charge in [0.15, 0.2) is 11.5 Å². The summed E-state index contributed by atoms with van der Waals surface area (Å²) in [5.74, 6) is 2.21. The number of imidazole rings is 2. The summed E-state index contributed by atoms with van der Waals surface area (Å²) in [5, 5.41) is 2.98. The van der Waals surface area contributed by atoms with E-state index < -0.39 is 0 Å². The van der Waals surface area contributed by atoms with E-state index in [2.05, 4.69) is 20.3 Å². The Morgan fingerprint density at radius 3 is 2.94 bits per heavy atom. The molecule has 1 aliphatic heterocycles. The van der Waals surface area contributed by atoms with E-state index in [4.69, 9.17) is 9.47 Å². The van der Waals surface area contributed by atoms with E-state index in [1.165, 1.54) is 12.8 Å². The second kappa shape index (κ2) is 8.57. The molecule has 1 aliphatic carbocycles. The summed E-state index contributed by atoms with van der Waals surface area (Å²) >= 11 is 0. The number of hydrogen-bond donors (Lipinski definition) is 1. The van der Waals surface area contributed by atoms with Crippen molar-refractivity contribution in [3.63, 3.8) is 0 Å². The zero-order valence-corrected chi connectivity index (χ0v) is 19.6. The Morgan fingerprint density at radius 2 is 2.11 bits per heavy atom. The molecular weight excluding hydrogens is 444 g/mol. The number of hydrogen-bond acceptors (Lipinski definition) is 6. The van der Waals surface area contributed by atoms with Crippen LogP contribution in [0.4, 0.5) is 5.69 Å². The number of anilines is 1. The van der Waals surface area contributed by atoms with Gasteiger partial charge < -0.3 is 23.9 Å². The van der Waals surface area contributed by atoms with Crippen LogP contribution in [0.5, 0.6) is 11.5 Å². The molecule has 0 atom stereocenters. The summed E-state index contributed by atoms with van der Waals surface area (Å²) in [6, 6.07) is 7.39. The Balaban J connectivity index is 1.33. The summed E-state index contributed by atoms with van der Waals surface area (Å²) in [5.41, 5.74) is 3.47. The van der Waals surface area contributed by atoms with E-state index in [9.17, 15) is 4.79 Å². The van der Waals surface area contributed by atoms with Crippen LogP contribution < -0.4 is 14.8 Å². The summed E-state index contributed by atoms with van der Waals surface area (Å²) in [6.07, 6.45) is 11.4. The topological polar surface area (TPSA) is 96.1 Å². The maximum atomic E-state index is 13.3. The summed E-state index contributed by atoms with van der Waals surface area (Å²) in [6.45, 7) is 5.09. The van der Waals surface area contributed by atoms with Crippen LogP contribution >= 0.6 is 0 Å². The Kier molecular flexibility index (Phi) is 5.24. The predicted molar refractivity (Wildman–Crippen MR) is 130 cm³/mol. The molecule has 1 saturated carbocycles. The van der Waals surface area contributed by atoms with Gasteiger partial charge in [0.2, 0.25) is 0 Å². The Bertz CT molecular complexity index is 1400. The van der Waals surface area contributed by atoms with Crippen LogP contribution in [0.3, 0.4) is 0 Å². The van der Waals surface area contributed by atoms with Crippen molar-refractivity contribution in [2.45, 2.75) is 45.3 Å². The van der Waals surface area contributed by atoms with E-state index in [0.717, 1.165) is 22.8 Å². The monoisotopic (exact) mass is 470 g/mol. The highest BCUT2D eigenvalue weighted by atomic mass is 16.5. The molecule has 2 aliphatic rings. The van der Waals surface area contributed by atoms with Gasteiger partial charge >= 0.3 is 0 Å². The number of pyridine rings is 1. The van der Waals surface area contributed by atoms with Crippen molar-refractivity contribution in [2.75, 3.05) is 11.9 Å². The van der Waals surface area contributed by atoms with Crippen molar-refractivity contribution in [3.05, 3.63) is 66.8 Å². The largest absolute Gasteiger partial charge is 0.489 e. The number of carbonyl (C=O) groups excluding carboxylic acids is 1. The lowest BCUT2D eigenvalue weighted by molar-refractivity contribution is 0.102. The molecule has 0 bridgehead atoms. The van der Waals surface area contributed by atoms with Gasteiger partial charge in [-0.25, -0.2) is 15.0 Å². The predicted octanol–water partition coefficient (Wildman–Crippen LogP) is 4.44. The van der Waals surface area contributed by atoms with Crippen LogP contribution in [0.15, 0.2) is 55.4 Å². The Morgan fingerprint density at radius 1 is 1.23 bits per heavy atom. The third-order valence-electron chi connectivity index (χ3n) is 6.12. The van der Waals surface area contributed by atoms with Crippen LogP contribution in [0, 0.1) is 0 Å². The van der Waals surface area contributed by atoms with Gasteiger partial charge in [0, 0.05) is 24.5 Å². The van der Waals surface area contributed by atoms with Gasteiger partial charge in [-0.05, 0) is 44.9 Å². The molecule has 178 valence electrons. The van der Waals surface area contributed by atoms with Crippen LogP contribution in [0.2, 0.25) is 0 Å². The number of ether oxygens (including phenoxy) is 2. The average molecular weight is 471 g/mol. The maximum absolute atomic E-state index is 13.3. The van der Waals surface area contributed by atoms with Gasteiger partial charge in [0.25, 0.3) is 5.91 Å². The molecule has 0 saturated heterocycles. The minimum Gasteiger partial charge on any atom is -0.489 e. The number of amides is 1. The zero-order valence-electron chi connectivity index (χ0n) is 19.6. The van der Waals surface area contributed by atoms with E-state index in [1.807, 2.05) is 53.6 Å². The second-order valence-corrected chi connectivity index (χ2v) is 9.11. The van der Waals surface area contributed by atoms with Crippen molar-refractivity contribution in [2.24, 2.45) is 0 Å². The van der Waals surface area contributed by atoms with Gasteiger partial charge in [0.05, 0.1) is 47.8 Å². The third-order valence-corrected chi connectivity index (χ3v) is 6.12. The fourth-order valence-electron chi connectivity index (χ4n) is 4.30. The van der Waals surface area contributed by atoms with Crippen molar-refractivity contribution < 1.29 is 14.3 Å². The third kappa shape index (κ3) is 4.14. The van der Waals surface area contributed by atoms with E-state index in [0.29, 0.717) is 36.3 Å². The highest BCUT2D eigenvalue weighted by Gasteiger charge is 2.27. The molecule has 0 spiro atoms. The molecule has 1 aromatic carbocycles. The number of nitrogens with one attached hydrogen (secondary N) is 1. The van der Waals surface area contributed by atoms with Crippen LogP contribution in [0.1, 0.15) is 48.8 Å². The van der Waals surface area contributed by atoms with Crippen molar-refractivity contribution in [1.29, 1.82) is 0 Å². The highest BCUT2D eigenvalue weighted by molar-refractivity contribution is 6.04. The number of rotatable bonds is 6. The fourth-order valence-corrected chi connectivity index (χ4v) is 4.30. The summed E-state index contributed by atoms with van der Waals surface area (Å²) in [7, 11) is 0. The molecule has 3 aromatic heterocycles. The number of nitrogens with zero attached hydrogens (tertiary/aromatic N) is 5. The van der Waals surface area contributed by atoms with Crippen LogP contribution in [-0.2, 0) is 6.54 Å². The van der Waals surface area contributed by atoms with E-state index in [-0.39, 0.29) is 17.7 Å². The van der Waals surface area contributed by atoms with Crippen molar-refractivity contribution >= 4 is 11.6 Å². The van der Waals surface area contributed by atoms with Gasteiger partial charge in [-0.15, -0.1) is 0 Å². The number of para-hydroxylation sites is 1. The van der Waals surface area contributed by atoms with Crippen LogP contribution in [0.25, 0.3) is 17.1 Å². The van der Waals surface area contributed by atoms with E-state index in [1.54, 1.807) is 24.8 Å². The molecule has 35 heavy (non-hydrogen) atoms. The lowest BCUT2D eigenvalue weighted by atomic mass is 10.1. The molecule has 4 aromatic rings. The van der Waals surface area contributed by atoms with Crippen molar-refractivity contribution in [1.82, 2.24) is 24.1 Å². The number of carbonyl (C=O) groups is 1.